The number of carbonyl (C=O) groups is 2. The van der Waals surface area contributed by atoms with E-state index in [1.165, 1.54) is 18.3 Å². The van der Waals surface area contributed by atoms with Gasteiger partial charge in [-0.05, 0) is 38.0 Å². The minimum absolute atomic E-state index is 0.177. The van der Waals surface area contributed by atoms with Crippen LogP contribution in [0.5, 0.6) is 0 Å². The Morgan fingerprint density at radius 1 is 1.37 bits per heavy atom. The van der Waals surface area contributed by atoms with Gasteiger partial charge in [-0.3, -0.25) is 9.59 Å². The highest BCUT2D eigenvalue weighted by Crippen LogP contribution is 2.27. The first-order chi connectivity index (χ1) is 12.8. The van der Waals surface area contributed by atoms with E-state index in [1.807, 2.05) is 13.0 Å². The predicted molar refractivity (Wildman–Crippen MR) is 99.1 cm³/mol. The molecule has 1 aliphatic heterocycles. The molecule has 3 N–H and O–H groups in total. The first-order valence-electron chi connectivity index (χ1n) is 8.34. The van der Waals surface area contributed by atoms with Crippen molar-refractivity contribution in [3.05, 3.63) is 45.5 Å². The number of nitrogens with one attached hydrogen (secondary N) is 1. The van der Waals surface area contributed by atoms with Crippen LogP contribution in [0.4, 0.5) is 10.2 Å². The van der Waals surface area contributed by atoms with Gasteiger partial charge >= 0.3 is 0 Å². The number of rotatable bonds is 4. The molecule has 0 atom stereocenters. The van der Waals surface area contributed by atoms with Crippen molar-refractivity contribution in [3.63, 3.8) is 0 Å². The summed E-state index contributed by atoms with van der Waals surface area (Å²) < 4.78 is 14.2. The largest absolute Gasteiger partial charge is 0.365 e. The number of nitrogens with zero attached hydrogens (tertiary/aromatic N) is 3. The quantitative estimate of drug-likeness (QED) is 0.834. The van der Waals surface area contributed by atoms with Gasteiger partial charge in [-0.15, -0.1) is 11.3 Å². The van der Waals surface area contributed by atoms with Crippen LogP contribution in [0.2, 0.25) is 0 Å². The molecule has 0 spiro atoms. The highest BCUT2D eigenvalue weighted by molar-refractivity contribution is 7.15. The van der Waals surface area contributed by atoms with E-state index in [9.17, 15) is 14.0 Å². The summed E-state index contributed by atoms with van der Waals surface area (Å²) in [6.07, 6.45) is 2.56. The molecule has 2 aromatic rings. The highest BCUT2D eigenvalue weighted by Gasteiger charge is 2.33. The number of hydrogen-bond donors (Lipinski definition) is 2. The summed E-state index contributed by atoms with van der Waals surface area (Å²) in [4.78, 5) is 30.2. The summed E-state index contributed by atoms with van der Waals surface area (Å²) in [5.41, 5.74) is 4.94. The molecule has 3 heterocycles. The van der Waals surface area contributed by atoms with Crippen LogP contribution in [0.3, 0.4) is 0 Å². The fraction of sp³-hybridized carbons (Fsp3) is 0.333. The van der Waals surface area contributed by atoms with Gasteiger partial charge in [0, 0.05) is 24.8 Å². The highest BCUT2D eigenvalue weighted by atomic mass is 32.1. The summed E-state index contributed by atoms with van der Waals surface area (Å²) in [5, 5.41) is 11.8. The average Bonchev–Trinajstić information content (AvgIpc) is 3.13. The van der Waals surface area contributed by atoms with Gasteiger partial charge in [-0.25, -0.2) is 9.37 Å². The molecular weight excluding hydrogens is 369 g/mol. The van der Waals surface area contributed by atoms with Crippen molar-refractivity contribution >= 4 is 29.0 Å². The monoisotopic (exact) mass is 387 g/mol. The third-order valence-corrected chi connectivity index (χ3v) is 5.70. The maximum atomic E-state index is 14.2. The second-order valence-electron chi connectivity index (χ2n) is 6.67. The molecule has 2 aromatic heterocycles. The Morgan fingerprint density at radius 2 is 2.04 bits per heavy atom. The molecule has 0 aliphatic carbocycles. The van der Waals surface area contributed by atoms with Crippen molar-refractivity contribution in [2.75, 3.05) is 18.0 Å². The number of hydrogen-bond acceptors (Lipinski definition) is 6. The number of primary amides is 1. The molecule has 1 saturated heterocycles. The van der Waals surface area contributed by atoms with Crippen LogP contribution in [0.15, 0.2) is 24.4 Å². The number of nitriles is 1. The van der Waals surface area contributed by atoms with E-state index in [4.69, 9.17) is 11.0 Å². The Balaban J connectivity index is 1.64. The molecule has 0 bridgehead atoms. The zero-order chi connectivity index (χ0) is 19.6. The lowest BCUT2D eigenvalue weighted by Gasteiger charge is -2.40. The summed E-state index contributed by atoms with van der Waals surface area (Å²) in [6.45, 7) is 2.97. The topological polar surface area (TPSA) is 112 Å². The summed E-state index contributed by atoms with van der Waals surface area (Å²) in [7, 11) is 0. The van der Waals surface area contributed by atoms with Crippen molar-refractivity contribution in [2.24, 2.45) is 5.73 Å². The third-order valence-electron chi connectivity index (χ3n) is 4.61. The predicted octanol–water partition coefficient (Wildman–Crippen LogP) is 2.04. The molecule has 0 radical (unpaired) electrons. The summed E-state index contributed by atoms with van der Waals surface area (Å²) >= 11 is 1.06. The number of thiophene rings is 1. The number of nitrogens with two attached hydrogens (primary N) is 1. The van der Waals surface area contributed by atoms with Gasteiger partial charge in [0.1, 0.15) is 6.07 Å². The second-order valence-corrected chi connectivity index (χ2v) is 7.75. The Morgan fingerprint density at radius 3 is 2.59 bits per heavy atom. The van der Waals surface area contributed by atoms with Gasteiger partial charge in [-0.2, -0.15) is 5.26 Å². The van der Waals surface area contributed by atoms with Crippen LogP contribution in [0.25, 0.3) is 0 Å². The number of piperidine rings is 1. The van der Waals surface area contributed by atoms with Crippen LogP contribution < -0.4 is 16.0 Å². The van der Waals surface area contributed by atoms with Gasteiger partial charge in [0.2, 0.25) is 0 Å². The van der Waals surface area contributed by atoms with Crippen molar-refractivity contribution in [3.8, 4) is 6.07 Å². The van der Waals surface area contributed by atoms with Crippen LogP contribution >= 0.6 is 11.3 Å². The Kier molecular flexibility index (Phi) is 5.10. The molecule has 0 saturated carbocycles. The van der Waals surface area contributed by atoms with Crippen molar-refractivity contribution < 1.29 is 14.0 Å². The number of pyridine rings is 1. The molecule has 9 heteroatoms. The molecule has 0 unspecified atom stereocenters. The minimum Gasteiger partial charge on any atom is -0.365 e. The van der Waals surface area contributed by atoms with Crippen LogP contribution in [0.1, 0.15) is 44.7 Å². The first-order valence-corrected chi connectivity index (χ1v) is 9.16. The lowest BCUT2D eigenvalue weighted by Crippen LogP contribution is -2.53. The molecule has 27 heavy (non-hydrogen) atoms. The fourth-order valence-electron chi connectivity index (χ4n) is 2.99. The molecular formula is C18H18FN5O2S. The fourth-order valence-corrected chi connectivity index (χ4v) is 3.74. The minimum atomic E-state index is -0.560. The van der Waals surface area contributed by atoms with Gasteiger partial charge in [0.05, 0.1) is 15.3 Å². The van der Waals surface area contributed by atoms with Crippen molar-refractivity contribution in [1.82, 2.24) is 10.3 Å². The van der Waals surface area contributed by atoms with E-state index in [0.717, 1.165) is 11.3 Å². The van der Waals surface area contributed by atoms with Crippen molar-refractivity contribution in [2.45, 2.75) is 25.3 Å². The Hall–Kier alpha value is -2.99. The van der Waals surface area contributed by atoms with E-state index in [1.54, 1.807) is 11.0 Å². The van der Waals surface area contributed by atoms with E-state index in [2.05, 4.69) is 10.3 Å². The van der Waals surface area contributed by atoms with E-state index >= 15 is 0 Å². The van der Waals surface area contributed by atoms with E-state index in [0.29, 0.717) is 35.7 Å². The smallest absolute Gasteiger partial charge is 0.261 e. The van der Waals surface area contributed by atoms with Crippen LogP contribution in [-0.2, 0) is 0 Å². The third kappa shape index (κ3) is 4.06. The summed E-state index contributed by atoms with van der Waals surface area (Å²) in [6, 6.07) is 6.14. The average molecular weight is 387 g/mol. The number of anilines is 1. The number of aromatic nitrogens is 1. The molecule has 2 amide bonds. The first kappa shape index (κ1) is 18.8. The van der Waals surface area contributed by atoms with Gasteiger partial charge in [-0.1, -0.05) is 0 Å². The molecule has 140 valence electrons. The molecule has 7 nitrogen and oxygen atoms in total. The number of carbonyl (C=O) groups excluding carboxylic acids is 2. The molecule has 0 aromatic carbocycles. The van der Waals surface area contributed by atoms with Gasteiger partial charge in [0.25, 0.3) is 11.8 Å². The maximum absolute atomic E-state index is 14.2. The normalized spacial score (nSPS) is 15.8. The van der Waals surface area contributed by atoms with E-state index in [-0.39, 0.29) is 17.3 Å². The molecule has 1 aliphatic rings. The van der Waals surface area contributed by atoms with Gasteiger partial charge in [0.15, 0.2) is 11.6 Å². The zero-order valence-corrected chi connectivity index (χ0v) is 15.5. The molecule has 3 rings (SSSR count). The van der Waals surface area contributed by atoms with Crippen molar-refractivity contribution in [1.29, 1.82) is 5.26 Å². The lowest BCUT2D eigenvalue weighted by molar-refractivity contribution is 0.0895. The maximum Gasteiger partial charge on any atom is 0.261 e. The lowest BCUT2D eigenvalue weighted by atomic mass is 9.89. The van der Waals surface area contributed by atoms with Crippen LogP contribution in [0, 0.1) is 17.1 Å². The Bertz CT molecular complexity index is 928. The number of halogens is 1. The summed E-state index contributed by atoms with van der Waals surface area (Å²) in [5.74, 6) is -1.13. The van der Waals surface area contributed by atoms with Crippen LogP contribution in [-0.4, -0.2) is 35.4 Å². The van der Waals surface area contributed by atoms with Gasteiger partial charge < -0.3 is 16.0 Å². The zero-order valence-electron chi connectivity index (χ0n) is 14.7. The SMILES string of the molecule is CC1(NC(=O)c2ccc(C(N)=O)s2)CCN(c2ncc(C#N)cc2F)CC1. The standard InChI is InChI=1S/C18H18FN5O2S/c1-18(23-17(26)14-3-2-13(27-14)15(21)25)4-6-24(7-5-18)16-12(19)8-11(9-20)10-22-16/h2-3,8,10H,4-7H2,1H3,(H2,21,25)(H,23,26). The van der Waals surface area contributed by atoms with E-state index < -0.39 is 17.3 Å². The number of amides is 2. The molecule has 1 fully saturated rings. The Labute approximate surface area is 159 Å². The second kappa shape index (κ2) is 7.32.